The summed E-state index contributed by atoms with van der Waals surface area (Å²) < 4.78 is 0. The zero-order valence-electron chi connectivity index (χ0n) is 6.66. The second-order valence-electron chi connectivity index (χ2n) is 3.08. The van der Waals surface area contributed by atoms with E-state index in [1.165, 1.54) is 31.6 Å². The summed E-state index contributed by atoms with van der Waals surface area (Å²) in [5.74, 6) is 0. The largest absolute Gasteiger partial charge is 0.300 e. The van der Waals surface area contributed by atoms with Crippen LogP contribution in [0.3, 0.4) is 0 Å². The third-order valence-corrected chi connectivity index (χ3v) is 2.10. The minimum absolute atomic E-state index is 1.21. The van der Waals surface area contributed by atoms with Gasteiger partial charge in [0.2, 0.25) is 0 Å². The van der Waals surface area contributed by atoms with Crippen LogP contribution in [0.1, 0.15) is 5.56 Å². The van der Waals surface area contributed by atoms with Crippen molar-refractivity contribution in [2.24, 2.45) is 0 Å². The van der Waals surface area contributed by atoms with Crippen molar-refractivity contribution in [3.8, 4) is 0 Å². The van der Waals surface area contributed by atoms with Crippen LogP contribution in [-0.4, -0.2) is 24.5 Å². The summed E-state index contributed by atoms with van der Waals surface area (Å²) >= 11 is 0. The molecule has 0 N–H and O–H groups in total. The summed E-state index contributed by atoms with van der Waals surface area (Å²) in [5.41, 5.74) is 1.46. The minimum Gasteiger partial charge on any atom is -0.300 e. The van der Waals surface area contributed by atoms with Gasteiger partial charge in [0, 0.05) is 19.6 Å². The molecule has 1 saturated heterocycles. The quantitative estimate of drug-likeness (QED) is 0.586. The second kappa shape index (κ2) is 3.05. The molecule has 11 heavy (non-hydrogen) atoms. The van der Waals surface area contributed by atoms with E-state index in [1.807, 2.05) is 0 Å². The van der Waals surface area contributed by atoms with Crippen LogP contribution in [0.2, 0.25) is 0 Å². The molecular weight excluding hydrogens is 134 g/mol. The summed E-state index contributed by atoms with van der Waals surface area (Å²) in [7, 11) is 0. The van der Waals surface area contributed by atoms with Crippen molar-refractivity contribution in [3.05, 3.63) is 35.9 Å². The first-order valence-electron chi connectivity index (χ1n) is 4.21. The Bertz CT molecular complexity index is 214. The number of rotatable bonds is 3. The lowest BCUT2D eigenvalue weighted by atomic mass is 10.1. The first-order chi connectivity index (χ1) is 5.45. The summed E-state index contributed by atoms with van der Waals surface area (Å²) in [4.78, 5) is 2.45. The molecule has 0 aromatic heterocycles. The van der Waals surface area contributed by atoms with Gasteiger partial charge in [-0.05, 0) is 12.0 Å². The van der Waals surface area contributed by atoms with E-state index in [-0.39, 0.29) is 0 Å². The zero-order valence-corrected chi connectivity index (χ0v) is 6.66. The molecule has 0 aliphatic carbocycles. The molecule has 0 saturated carbocycles. The van der Waals surface area contributed by atoms with Gasteiger partial charge < -0.3 is 4.90 Å². The molecule has 58 valence electrons. The van der Waals surface area contributed by atoms with E-state index in [9.17, 15) is 0 Å². The third kappa shape index (κ3) is 2.05. The predicted octanol–water partition coefficient (Wildman–Crippen LogP) is 1.54. The highest BCUT2D eigenvalue weighted by atomic mass is 15.2. The second-order valence-corrected chi connectivity index (χ2v) is 3.08. The van der Waals surface area contributed by atoms with E-state index < -0.39 is 0 Å². The van der Waals surface area contributed by atoms with Crippen molar-refractivity contribution in [1.82, 2.24) is 4.90 Å². The molecule has 1 nitrogen and oxygen atoms in total. The van der Waals surface area contributed by atoms with Crippen molar-refractivity contribution in [1.29, 1.82) is 0 Å². The van der Waals surface area contributed by atoms with Crippen molar-refractivity contribution in [3.63, 3.8) is 0 Å². The molecule has 0 bridgehead atoms. The lowest BCUT2D eigenvalue weighted by molar-refractivity contribution is 0.561. The van der Waals surface area contributed by atoms with E-state index in [1.54, 1.807) is 0 Å². The predicted molar refractivity (Wildman–Crippen MR) is 46.6 cm³/mol. The smallest absolute Gasteiger partial charge is 0.0110 e. The Kier molecular flexibility index (Phi) is 1.91. The van der Waals surface area contributed by atoms with Gasteiger partial charge >= 0.3 is 0 Å². The average Bonchev–Trinajstić information content (AvgIpc) is 2.86. The summed E-state index contributed by atoms with van der Waals surface area (Å²) in [6, 6.07) is 10.7. The third-order valence-electron chi connectivity index (χ3n) is 2.10. The first-order valence-corrected chi connectivity index (χ1v) is 4.21. The van der Waals surface area contributed by atoms with E-state index in [0.29, 0.717) is 0 Å². The molecule has 1 aromatic carbocycles. The average molecular weight is 147 g/mol. The van der Waals surface area contributed by atoms with Gasteiger partial charge in [0.25, 0.3) is 0 Å². The van der Waals surface area contributed by atoms with E-state index in [0.717, 1.165) is 0 Å². The SMILES string of the molecule is c1ccc(CCN2CC2)cc1. The van der Waals surface area contributed by atoms with Crippen LogP contribution in [0.4, 0.5) is 0 Å². The lowest BCUT2D eigenvalue weighted by Gasteiger charge is -1.99. The molecule has 0 atom stereocenters. The summed E-state index contributed by atoms with van der Waals surface area (Å²) in [6.45, 7) is 3.86. The normalized spacial score (nSPS) is 16.7. The van der Waals surface area contributed by atoms with Gasteiger partial charge in [-0.1, -0.05) is 30.3 Å². The Balaban J connectivity index is 1.85. The topological polar surface area (TPSA) is 3.01 Å². The molecular formula is C10H13N. The molecule has 1 aliphatic heterocycles. The molecule has 1 heterocycles. The number of hydrogen-bond donors (Lipinski definition) is 0. The summed E-state index contributed by atoms with van der Waals surface area (Å²) in [6.07, 6.45) is 1.21. The van der Waals surface area contributed by atoms with Gasteiger partial charge in [-0.25, -0.2) is 0 Å². The maximum Gasteiger partial charge on any atom is 0.0110 e. The van der Waals surface area contributed by atoms with Gasteiger partial charge in [-0.15, -0.1) is 0 Å². The molecule has 2 rings (SSSR count). The Morgan fingerprint density at radius 1 is 1.09 bits per heavy atom. The van der Waals surface area contributed by atoms with Gasteiger partial charge in [0.15, 0.2) is 0 Å². The molecule has 0 unspecified atom stereocenters. The monoisotopic (exact) mass is 147 g/mol. The van der Waals surface area contributed by atoms with Crippen LogP contribution in [-0.2, 0) is 6.42 Å². The van der Waals surface area contributed by atoms with Crippen molar-refractivity contribution in [2.45, 2.75) is 6.42 Å². The Labute approximate surface area is 67.6 Å². The molecule has 0 radical (unpaired) electrons. The van der Waals surface area contributed by atoms with Crippen LogP contribution in [0.15, 0.2) is 30.3 Å². The number of benzene rings is 1. The highest BCUT2D eigenvalue weighted by Crippen LogP contribution is 2.06. The van der Waals surface area contributed by atoms with E-state index in [2.05, 4.69) is 35.2 Å². The van der Waals surface area contributed by atoms with Crippen molar-refractivity contribution < 1.29 is 0 Å². The zero-order chi connectivity index (χ0) is 7.52. The Morgan fingerprint density at radius 2 is 1.82 bits per heavy atom. The lowest BCUT2D eigenvalue weighted by Crippen LogP contribution is -2.02. The standard InChI is InChI=1S/C10H13N/c1-2-4-10(5-3-1)6-7-11-8-9-11/h1-5H,6-9H2. The van der Waals surface area contributed by atoms with Crippen LogP contribution < -0.4 is 0 Å². The van der Waals surface area contributed by atoms with Crippen LogP contribution in [0.5, 0.6) is 0 Å². The van der Waals surface area contributed by atoms with Crippen LogP contribution >= 0.6 is 0 Å². The highest BCUT2D eigenvalue weighted by Gasteiger charge is 2.15. The fraction of sp³-hybridized carbons (Fsp3) is 0.400. The molecule has 1 heteroatoms. The van der Waals surface area contributed by atoms with Crippen molar-refractivity contribution >= 4 is 0 Å². The first kappa shape index (κ1) is 6.86. The number of nitrogens with zero attached hydrogens (tertiary/aromatic N) is 1. The molecule has 1 fully saturated rings. The van der Waals surface area contributed by atoms with Gasteiger partial charge in [0.1, 0.15) is 0 Å². The number of hydrogen-bond acceptors (Lipinski definition) is 1. The Morgan fingerprint density at radius 3 is 2.45 bits per heavy atom. The molecule has 0 amide bonds. The maximum absolute atomic E-state index is 2.45. The van der Waals surface area contributed by atoms with Gasteiger partial charge in [-0.3, -0.25) is 0 Å². The van der Waals surface area contributed by atoms with Gasteiger partial charge in [0.05, 0.1) is 0 Å². The fourth-order valence-corrected chi connectivity index (χ4v) is 1.23. The highest BCUT2D eigenvalue weighted by molar-refractivity contribution is 5.14. The maximum atomic E-state index is 2.45. The molecule has 0 spiro atoms. The van der Waals surface area contributed by atoms with E-state index >= 15 is 0 Å². The van der Waals surface area contributed by atoms with Crippen LogP contribution in [0, 0.1) is 0 Å². The minimum atomic E-state index is 1.21. The van der Waals surface area contributed by atoms with Crippen LogP contribution in [0.25, 0.3) is 0 Å². The molecule has 1 aromatic rings. The molecule has 1 aliphatic rings. The van der Waals surface area contributed by atoms with E-state index in [4.69, 9.17) is 0 Å². The van der Waals surface area contributed by atoms with Gasteiger partial charge in [-0.2, -0.15) is 0 Å². The fourth-order valence-electron chi connectivity index (χ4n) is 1.23. The van der Waals surface area contributed by atoms with Crippen molar-refractivity contribution in [2.75, 3.05) is 19.6 Å². The summed E-state index contributed by atoms with van der Waals surface area (Å²) in [5, 5.41) is 0. The Hall–Kier alpha value is -0.820.